The van der Waals surface area contributed by atoms with Gasteiger partial charge in [-0.05, 0) is 17.7 Å². The van der Waals surface area contributed by atoms with Crippen LogP contribution in [0.25, 0.3) is 10.9 Å². The van der Waals surface area contributed by atoms with Crippen LogP contribution in [0.4, 0.5) is 17.6 Å². The second-order valence-electron chi connectivity index (χ2n) is 4.46. The molecule has 0 aliphatic heterocycles. The summed E-state index contributed by atoms with van der Waals surface area (Å²) in [5.41, 5.74) is 3.24. The number of aliphatic carboxylic acids is 1. The standard InChI is InChI=1S/C12H10F4N2O3/c13-7-2-1-6(12(14,15)16)9-5(3-8(17)11(19)20)4-18(21)10(7)9/h1-2,4,8,21H,3,17H2,(H,19,20). The normalized spacial score (nSPS) is 13.6. The minimum absolute atomic E-state index is 0.198. The van der Waals surface area contributed by atoms with E-state index in [-0.39, 0.29) is 10.3 Å². The Labute approximate surface area is 115 Å². The maximum Gasteiger partial charge on any atom is 0.417 e. The highest BCUT2D eigenvalue weighted by atomic mass is 19.4. The number of fused-ring (bicyclic) bond motifs is 1. The van der Waals surface area contributed by atoms with Gasteiger partial charge < -0.3 is 16.0 Å². The number of hydrogen-bond donors (Lipinski definition) is 3. The van der Waals surface area contributed by atoms with Gasteiger partial charge in [0.25, 0.3) is 0 Å². The molecule has 0 saturated heterocycles. The van der Waals surface area contributed by atoms with E-state index >= 15 is 0 Å². The molecule has 21 heavy (non-hydrogen) atoms. The SMILES string of the molecule is NC(Cc1cn(O)c2c(F)ccc(C(F)(F)F)c12)C(=O)O. The zero-order valence-electron chi connectivity index (χ0n) is 10.4. The second kappa shape index (κ2) is 4.92. The van der Waals surface area contributed by atoms with Crippen molar-refractivity contribution in [3.63, 3.8) is 0 Å². The number of benzene rings is 1. The van der Waals surface area contributed by atoms with Crippen LogP contribution in [0.3, 0.4) is 0 Å². The van der Waals surface area contributed by atoms with Gasteiger partial charge in [-0.2, -0.15) is 17.9 Å². The Balaban J connectivity index is 2.72. The topological polar surface area (TPSA) is 88.5 Å². The summed E-state index contributed by atoms with van der Waals surface area (Å²) in [5.74, 6) is -2.48. The summed E-state index contributed by atoms with van der Waals surface area (Å²) in [4.78, 5) is 10.7. The Kier molecular flexibility index (Phi) is 3.54. The van der Waals surface area contributed by atoms with Gasteiger partial charge in [0.15, 0.2) is 5.82 Å². The van der Waals surface area contributed by atoms with Gasteiger partial charge in [-0.25, -0.2) is 4.39 Å². The highest BCUT2D eigenvalue weighted by Gasteiger charge is 2.35. The van der Waals surface area contributed by atoms with Crippen LogP contribution >= 0.6 is 0 Å². The molecule has 4 N–H and O–H groups in total. The van der Waals surface area contributed by atoms with Gasteiger partial charge in [-0.3, -0.25) is 4.79 Å². The lowest BCUT2D eigenvalue weighted by atomic mass is 10.0. The van der Waals surface area contributed by atoms with Crippen molar-refractivity contribution in [2.75, 3.05) is 0 Å². The van der Waals surface area contributed by atoms with Crippen molar-refractivity contribution in [2.45, 2.75) is 18.6 Å². The molecule has 5 nitrogen and oxygen atoms in total. The average molecular weight is 306 g/mol. The Hall–Kier alpha value is -2.29. The lowest BCUT2D eigenvalue weighted by molar-refractivity contribution is -0.138. The number of carbonyl (C=O) groups is 1. The fourth-order valence-electron chi connectivity index (χ4n) is 2.11. The monoisotopic (exact) mass is 306 g/mol. The summed E-state index contributed by atoms with van der Waals surface area (Å²) >= 11 is 0. The highest BCUT2D eigenvalue weighted by Crippen LogP contribution is 2.38. The van der Waals surface area contributed by atoms with Crippen LogP contribution in [0.15, 0.2) is 18.3 Å². The van der Waals surface area contributed by atoms with Crippen LogP contribution in [-0.2, 0) is 17.4 Å². The molecular weight excluding hydrogens is 296 g/mol. The van der Waals surface area contributed by atoms with Gasteiger partial charge in [0.1, 0.15) is 11.6 Å². The zero-order chi connectivity index (χ0) is 15.9. The summed E-state index contributed by atoms with van der Waals surface area (Å²) in [7, 11) is 0. The van der Waals surface area contributed by atoms with E-state index in [0.29, 0.717) is 12.1 Å². The van der Waals surface area contributed by atoms with Crippen LogP contribution in [0.1, 0.15) is 11.1 Å². The van der Waals surface area contributed by atoms with Gasteiger partial charge in [0.05, 0.1) is 5.56 Å². The smallest absolute Gasteiger partial charge is 0.417 e. The van der Waals surface area contributed by atoms with E-state index in [9.17, 15) is 27.6 Å². The molecule has 1 unspecified atom stereocenters. The molecule has 2 aromatic rings. The second-order valence-corrected chi connectivity index (χ2v) is 4.46. The van der Waals surface area contributed by atoms with Gasteiger partial charge in [-0.1, -0.05) is 0 Å². The number of alkyl halides is 3. The van der Waals surface area contributed by atoms with Crippen molar-refractivity contribution < 1.29 is 32.7 Å². The molecule has 0 spiro atoms. The molecule has 114 valence electrons. The molecule has 1 aromatic carbocycles. The summed E-state index contributed by atoms with van der Waals surface area (Å²) in [6, 6.07) is -0.355. The first-order valence-corrected chi connectivity index (χ1v) is 5.70. The number of carboxylic acid groups (broad SMARTS) is 1. The Bertz CT molecular complexity index is 709. The number of nitrogens with two attached hydrogens (primary N) is 1. The molecule has 0 bridgehead atoms. The zero-order valence-corrected chi connectivity index (χ0v) is 10.4. The molecule has 2 rings (SSSR count). The molecule has 0 radical (unpaired) electrons. The Morgan fingerprint density at radius 3 is 2.52 bits per heavy atom. The minimum atomic E-state index is -4.78. The first-order valence-electron chi connectivity index (χ1n) is 5.70. The molecule has 1 aromatic heterocycles. The molecule has 9 heteroatoms. The predicted octanol–water partition coefficient (Wildman–Crippen LogP) is 1.99. The molecule has 0 saturated carbocycles. The highest BCUT2D eigenvalue weighted by molar-refractivity contribution is 5.89. The molecule has 0 aliphatic carbocycles. The first-order chi connectivity index (χ1) is 9.62. The van der Waals surface area contributed by atoms with E-state index in [1.54, 1.807) is 0 Å². The minimum Gasteiger partial charge on any atom is -0.480 e. The van der Waals surface area contributed by atoms with Gasteiger partial charge in [0, 0.05) is 18.0 Å². The van der Waals surface area contributed by atoms with Crippen molar-refractivity contribution in [1.82, 2.24) is 4.73 Å². The van der Waals surface area contributed by atoms with Crippen LogP contribution in [0.5, 0.6) is 0 Å². The molecule has 0 amide bonds. The fourth-order valence-corrected chi connectivity index (χ4v) is 2.11. The largest absolute Gasteiger partial charge is 0.480 e. The number of aromatic nitrogens is 1. The Morgan fingerprint density at radius 1 is 1.38 bits per heavy atom. The van der Waals surface area contributed by atoms with Crippen molar-refractivity contribution in [1.29, 1.82) is 0 Å². The number of carboxylic acids is 1. The van der Waals surface area contributed by atoms with E-state index < -0.39 is 46.9 Å². The number of nitrogens with zero attached hydrogens (tertiary/aromatic N) is 1. The summed E-state index contributed by atoms with van der Waals surface area (Å²) in [6.45, 7) is 0. The third-order valence-electron chi connectivity index (χ3n) is 3.02. The van der Waals surface area contributed by atoms with Crippen LogP contribution in [0.2, 0.25) is 0 Å². The van der Waals surface area contributed by atoms with E-state index in [2.05, 4.69) is 0 Å². The molecule has 0 fully saturated rings. The third-order valence-corrected chi connectivity index (χ3v) is 3.02. The molecule has 0 aliphatic rings. The Morgan fingerprint density at radius 2 is 2.00 bits per heavy atom. The van der Waals surface area contributed by atoms with Gasteiger partial charge in [-0.15, -0.1) is 0 Å². The summed E-state index contributed by atoms with van der Waals surface area (Å²) in [5, 5.41) is 17.7. The van der Waals surface area contributed by atoms with Crippen LogP contribution in [0, 0.1) is 5.82 Å². The lowest BCUT2D eigenvalue weighted by Crippen LogP contribution is -2.32. The summed E-state index contributed by atoms with van der Waals surface area (Å²) < 4.78 is 52.7. The summed E-state index contributed by atoms with van der Waals surface area (Å²) in [6.07, 6.45) is -4.44. The van der Waals surface area contributed by atoms with Gasteiger partial charge in [0.2, 0.25) is 0 Å². The molecule has 1 atom stereocenters. The van der Waals surface area contributed by atoms with E-state index in [4.69, 9.17) is 10.8 Å². The van der Waals surface area contributed by atoms with Crippen LogP contribution < -0.4 is 5.73 Å². The maximum absolute atomic E-state index is 13.6. The fraction of sp³-hybridized carbons (Fsp3) is 0.250. The molecule has 1 heterocycles. The van der Waals surface area contributed by atoms with Crippen molar-refractivity contribution in [3.8, 4) is 0 Å². The van der Waals surface area contributed by atoms with E-state index in [1.807, 2.05) is 0 Å². The maximum atomic E-state index is 13.6. The number of rotatable bonds is 3. The molecular formula is C12H10F4N2O3. The average Bonchev–Trinajstić information content (AvgIpc) is 2.66. The first kappa shape index (κ1) is 15.1. The number of halogens is 4. The van der Waals surface area contributed by atoms with Gasteiger partial charge >= 0.3 is 12.1 Å². The van der Waals surface area contributed by atoms with Crippen molar-refractivity contribution in [3.05, 3.63) is 35.3 Å². The predicted molar refractivity (Wildman–Crippen MR) is 63.4 cm³/mol. The third kappa shape index (κ3) is 2.64. The van der Waals surface area contributed by atoms with Crippen molar-refractivity contribution >= 4 is 16.9 Å². The van der Waals surface area contributed by atoms with Crippen LogP contribution in [-0.4, -0.2) is 27.1 Å². The number of hydrogen-bond acceptors (Lipinski definition) is 3. The van der Waals surface area contributed by atoms with E-state index in [0.717, 1.165) is 6.20 Å². The van der Waals surface area contributed by atoms with E-state index in [1.165, 1.54) is 0 Å². The van der Waals surface area contributed by atoms with Crippen molar-refractivity contribution in [2.24, 2.45) is 5.73 Å². The lowest BCUT2D eigenvalue weighted by Gasteiger charge is -2.11. The quantitative estimate of drug-likeness (QED) is 0.597.